The van der Waals surface area contributed by atoms with E-state index in [1.807, 2.05) is 44.8 Å². The minimum absolute atomic E-state index is 0.0752. The van der Waals surface area contributed by atoms with Gasteiger partial charge in [-0.05, 0) is 40.2 Å². The van der Waals surface area contributed by atoms with Crippen molar-refractivity contribution in [3.05, 3.63) is 36.4 Å². The standard InChI is InChI=1S/C18H30N6O2/c1-18(2,3)23-17(25)26-12-6-5-7-19-14(13-15-20-8-9-21-15)16-22-10-11-24(16)4/h8-11,14,19H,5-7,12-13H2,1-4H3,(H,20,21)(H,23,25). The highest BCUT2D eigenvalue weighted by molar-refractivity contribution is 5.67. The molecule has 8 nitrogen and oxygen atoms in total. The highest BCUT2D eigenvalue weighted by Crippen LogP contribution is 2.14. The topological polar surface area (TPSA) is 96.9 Å². The van der Waals surface area contributed by atoms with Crippen LogP contribution in [0.1, 0.15) is 51.3 Å². The second-order valence-electron chi connectivity index (χ2n) is 7.36. The first kappa shape index (κ1) is 20.0. The van der Waals surface area contributed by atoms with Crippen molar-refractivity contribution in [2.45, 2.75) is 51.6 Å². The monoisotopic (exact) mass is 362 g/mol. The van der Waals surface area contributed by atoms with E-state index in [9.17, 15) is 4.79 Å². The molecule has 0 radical (unpaired) electrons. The summed E-state index contributed by atoms with van der Waals surface area (Å²) in [5.74, 6) is 1.90. The number of ether oxygens (including phenoxy) is 1. The van der Waals surface area contributed by atoms with Crippen LogP contribution in [-0.4, -0.2) is 44.3 Å². The Kier molecular flexibility index (Phi) is 7.20. The summed E-state index contributed by atoms with van der Waals surface area (Å²) in [7, 11) is 1.99. The third kappa shape index (κ3) is 6.87. The molecule has 144 valence electrons. The van der Waals surface area contributed by atoms with Gasteiger partial charge in [0.1, 0.15) is 11.6 Å². The van der Waals surface area contributed by atoms with Crippen molar-refractivity contribution in [2.24, 2.45) is 7.05 Å². The number of nitrogens with one attached hydrogen (secondary N) is 3. The van der Waals surface area contributed by atoms with E-state index in [2.05, 4.69) is 25.6 Å². The maximum Gasteiger partial charge on any atom is 0.407 e. The van der Waals surface area contributed by atoms with E-state index in [-0.39, 0.29) is 17.7 Å². The quantitative estimate of drug-likeness (QED) is 0.595. The minimum Gasteiger partial charge on any atom is -0.450 e. The van der Waals surface area contributed by atoms with Crippen LogP contribution in [0.5, 0.6) is 0 Å². The number of hydrogen-bond donors (Lipinski definition) is 3. The van der Waals surface area contributed by atoms with Crippen LogP contribution in [0, 0.1) is 0 Å². The molecule has 1 atom stereocenters. The molecule has 0 aliphatic rings. The fourth-order valence-electron chi connectivity index (χ4n) is 2.58. The lowest BCUT2D eigenvalue weighted by Gasteiger charge is -2.20. The highest BCUT2D eigenvalue weighted by atomic mass is 16.5. The van der Waals surface area contributed by atoms with Gasteiger partial charge in [-0.25, -0.2) is 14.8 Å². The lowest BCUT2D eigenvalue weighted by Crippen LogP contribution is -2.41. The summed E-state index contributed by atoms with van der Waals surface area (Å²) in [5, 5.41) is 6.31. The number of aromatic nitrogens is 4. The summed E-state index contributed by atoms with van der Waals surface area (Å²) in [6, 6.07) is 0.0752. The number of rotatable bonds is 9. The zero-order valence-electron chi connectivity index (χ0n) is 16.1. The molecule has 0 fully saturated rings. The third-order valence-corrected chi connectivity index (χ3v) is 3.79. The summed E-state index contributed by atoms with van der Waals surface area (Å²) < 4.78 is 7.21. The number of carbonyl (C=O) groups is 1. The number of alkyl carbamates (subject to hydrolysis) is 1. The lowest BCUT2D eigenvalue weighted by atomic mass is 10.1. The second-order valence-corrected chi connectivity index (χ2v) is 7.36. The molecule has 0 aliphatic carbocycles. The second kappa shape index (κ2) is 9.38. The molecule has 2 aromatic rings. The van der Waals surface area contributed by atoms with Crippen LogP contribution in [0.4, 0.5) is 4.79 Å². The SMILES string of the molecule is Cn1ccnc1C(Cc1ncc[nH]1)NCCCCOC(=O)NC(C)(C)C. The van der Waals surface area contributed by atoms with Crippen molar-refractivity contribution < 1.29 is 9.53 Å². The van der Waals surface area contributed by atoms with E-state index in [1.165, 1.54) is 0 Å². The predicted octanol–water partition coefficient (Wildman–Crippen LogP) is 2.32. The van der Waals surface area contributed by atoms with Crippen LogP contribution in [0.2, 0.25) is 0 Å². The summed E-state index contributed by atoms with van der Waals surface area (Å²) in [6.45, 7) is 7.00. The van der Waals surface area contributed by atoms with Gasteiger partial charge < -0.3 is 24.9 Å². The van der Waals surface area contributed by atoms with Crippen LogP contribution < -0.4 is 10.6 Å². The van der Waals surface area contributed by atoms with E-state index in [1.54, 1.807) is 12.4 Å². The number of nitrogens with zero attached hydrogens (tertiary/aromatic N) is 3. The molecule has 0 aromatic carbocycles. The van der Waals surface area contributed by atoms with E-state index < -0.39 is 0 Å². The summed E-state index contributed by atoms with van der Waals surface area (Å²) >= 11 is 0. The molecule has 2 rings (SSSR count). The molecule has 3 N–H and O–H groups in total. The van der Waals surface area contributed by atoms with Gasteiger partial charge >= 0.3 is 6.09 Å². The van der Waals surface area contributed by atoms with Crippen molar-refractivity contribution in [2.75, 3.05) is 13.2 Å². The molecular formula is C18H30N6O2. The maximum atomic E-state index is 11.6. The van der Waals surface area contributed by atoms with Crippen molar-refractivity contribution in [1.29, 1.82) is 0 Å². The Hall–Kier alpha value is -2.35. The van der Waals surface area contributed by atoms with Crippen LogP contribution in [0.25, 0.3) is 0 Å². The van der Waals surface area contributed by atoms with Crippen molar-refractivity contribution >= 4 is 6.09 Å². The fraction of sp³-hybridized carbons (Fsp3) is 0.611. The smallest absolute Gasteiger partial charge is 0.407 e. The zero-order valence-corrected chi connectivity index (χ0v) is 16.1. The first-order valence-electron chi connectivity index (χ1n) is 8.99. The molecule has 2 aromatic heterocycles. The Morgan fingerprint density at radius 2 is 2.12 bits per heavy atom. The molecule has 0 saturated heterocycles. The minimum atomic E-state index is -0.367. The molecule has 1 amide bonds. The Morgan fingerprint density at radius 1 is 1.31 bits per heavy atom. The van der Waals surface area contributed by atoms with E-state index in [0.717, 1.165) is 37.5 Å². The van der Waals surface area contributed by atoms with Crippen molar-refractivity contribution in [3.8, 4) is 0 Å². The van der Waals surface area contributed by atoms with E-state index in [0.29, 0.717) is 6.61 Å². The number of hydrogen-bond acceptors (Lipinski definition) is 5. The summed E-state index contributed by atoms with van der Waals surface area (Å²) in [4.78, 5) is 23.5. The van der Waals surface area contributed by atoms with E-state index >= 15 is 0 Å². The normalized spacial score (nSPS) is 12.8. The van der Waals surface area contributed by atoms with Gasteiger partial charge in [-0.2, -0.15) is 0 Å². The number of unbranched alkanes of at least 4 members (excludes halogenated alkanes) is 1. The number of aryl methyl sites for hydroxylation is 1. The number of amides is 1. The molecule has 8 heteroatoms. The van der Waals surface area contributed by atoms with Crippen LogP contribution in [-0.2, 0) is 18.2 Å². The van der Waals surface area contributed by atoms with Gasteiger partial charge in [0, 0.05) is 43.8 Å². The molecular weight excluding hydrogens is 332 g/mol. The molecule has 26 heavy (non-hydrogen) atoms. The van der Waals surface area contributed by atoms with Crippen LogP contribution in [0.3, 0.4) is 0 Å². The molecule has 1 unspecified atom stereocenters. The molecule has 0 bridgehead atoms. The molecule has 0 aliphatic heterocycles. The number of aromatic amines is 1. The van der Waals surface area contributed by atoms with Crippen molar-refractivity contribution in [3.63, 3.8) is 0 Å². The highest BCUT2D eigenvalue weighted by Gasteiger charge is 2.17. The van der Waals surface area contributed by atoms with Gasteiger partial charge in [-0.15, -0.1) is 0 Å². The summed E-state index contributed by atoms with van der Waals surface area (Å²) in [6.07, 6.45) is 9.40. The van der Waals surface area contributed by atoms with Gasteiger partial charge in [0.05, 0.1) is 12.6 Å². The van der Waals surface area contributed by atoms with Gasteiger partial charge in [-0.1, -0.05) is 0 Å². The molecule has 0 spiro atoms. The largest absolute Gasteiger partial charge is 0.450 e. The fourth-order valence-corrected chi connectivity index (χ4v) is 2.58. The van der Waals surface area contributed by atoms with E-state index in [4.69, 9.17) is 4.74 Å². The Labute approximate surface area is 154 Å². The van der Waals surface area contributed by atoms with Gasteiger partial charge in [-0.3, -0.25) is 0 Å². The van der Waals surface area contributed by atoms with Gasteiger partial charge in [0.15, 0.2) is 0 Å². The van der Waals surface area contributed by atoms with Gasteiger partial charge in [0.25, 0.3) is 0 Å². The van der Waals surface area contributed by atoms with Crippen LogP contribution >= 0.6 is 0 Å². The zero-order chi connectivity index (χ0) is 19.0. The van der Waals surface area contributed by atoms with Crippen molar-refractivity contribution in [1.82, 2.24) is 30.2 Å². The average Bonchev–Trinajstić information content (AvgIpc) is 3.19. The lowest BCUT2D eigenvalue weighted by molar-refractivity contribution is 0.135. The maximum absolute atomic E-state index is 11.6. The number of imidazole rings is 2. The molecule has 0 saturated carbocycles. The van der Waals surface area contributed by atoms with Crippen LogP contribution in [0.15, 0.2) is 24.8 Å². The first-order valence-corrected chi connectivity index (χ1v) is 8.99. The predicted molar refractivity (Wildman–Crippen MR) is 99.7 cm³/mol. The number of carbonyl (C=O) groups excluding carboxylic acids is 1. The number of H-pyrrole nitrogens is 1. The van der Waals surface area contributed by atoms with Gasteiger partial charge in [0.2, 0.25) is 0 Å². The average molecular weight is 362 g/mol. The Balaban J connectivity index is 1.72. The Bertz CT molecular complexity index is 660. The summed E-state index contributed by atoms with van der Waals surface area (Å²) in [5.41, 5.74) is -0.278. The Morgan fingerprint density at radius 3 is 2.73 bits per heavy atom. The molecule has 2 heterocycles. The third-order valence-electron chi connectivity index (χ3n) is 3.79. The first-order chi connectivity index (χ1) is 12.3.